The lowest BCUT2D eigenvalue weighted by molar-refractivity contribution is 0.561. The molecule has 0 aromatic carbocycles. The van der Waals surface area contributed by atoms with Crippen molar-refractivity contribution in [1.82, 2.24) is 14.3 Å². The summed E-state index contributed by atoms with van der Waals surface area (Å²) in [6, 6.07) is 0.623. The van der Waals surface area contributed by atoms with Crippen LogP contribution in [0.3, 0.4) is 0 Å². The third-order valence-electron chi connectivity index (χ3n) is 3.38. The summed E-state index contributed by atoms with van der Waals surface area (Å²) in [7, 11) is -3.28. The molecule has 17 heavy (non-hydrogen) atoms. The maximum absolute atomic E-state index is 12.1. The maximum atomic E-state index is 12.1. The monoisotopic (exact) mass is 255 g/mol. The lowest BCUT2D eigenvalue weighted by Gasteiger charge is -2.15. The summed E-state index contributed by atoms with van der Waals surface area (Å²) < 4.78 is 29.0. The van der Waals surface area contributed by atoms with Crippen LogP contribution in [0.2, 0.25) is 0 Å². The minimum Gasteiger partial charge on any atom is -0.331 e. The third-order valence-corrected chi connectivity index (χ3v) is 5.18. The molecule has 0 saturated heterocycles. The Morgan fingerprint density at radius 1 is 1.41 bits per heavy atom. The van der Waals surface area contributed by atoms with Crippen molar-refractivity contribution in [2.45, 2.75) is 49.9 Å². The van der Waals surface area contributed by atoms with Crippen LogP contribution in [0.4, 0.5) is 0 Å². The molecule has 1 aromatic heterocycles. The quantitative estimate of drug-likeness (QED) is 0.864. The van der Waals surface area contributed by atoms with Crippen molar-refractivity contribution in [3.05, 3.63) is 18.2 Å². The van der Waals surface area contributed by atoms with Crippen LogP contribution in [0, 0.1) is 0 Å². The molecule has 0 aliphatic heterocycles. The van der Waals surface area contributed by atoms with Crippen LogP contribution in [-0.4, -0.2) is 24.0 Å². The Balaban J connectivity index is 1.84. The van der Waals surface area contributed by atoms with Gasteiger partial charge in [0.1, 0.15) is 11.1 Å². The Labute approximate surface area is 101 Å². The van der Waals surface area contributed by atoms with Crippen LogP contribution in [-0.2, 0) is 10.0 Å². The number of nitrogens with zero attached hydrogens (tertiary/aromatic N) is 2. The van der Waals surface area contributed by atoms with Crippen LogP contribution in [0.15, 0.2) is 12.4 Å². The molecule has 1 atom stereocenters. The van der Waals surface area contributed by atoms with Gasteiger partial charge in [-0.3, -0.25) is 0 Å². The number of aromatic nitrogens is 2. The van der Waals surface area contributed by atoms with Crippen LogP contribution in [0.5, 0.6) is 0 Å². The number of sulfonamides is 1. The number of imidazole rings is 1. The molecule has 2 aliphatic rings. The summed E-state index contributed by atoms with van der Waals surface area (Å²) in [5.41, 5.74) is 0. The van der Waals surface area contributed by atoms with Gasteiger partial charge in [-0.25, -0.2) is 18.1 Å². The second-order valence-electron chi connectivity index (χ2n) is 5.00. The molecule has 2 fully saturated rings. The highest BCUT2D eigenvalue weighted by Crippen LogP contribution is 2.37. The topological polar surface area (TPSA) is 64.0 Å². The fourth-order valence-corrected chi connectivity index (χ4v) is 3.34. The molecule has 1 heterocycles. The van der Waals surface area contributed by atoms with Crippen LogP contribution >= 0.6 is 0 Å². The average molecular weight is 255 g/mol. The van der Waals surface area contributed by atoms with E-state index in [-0.39, 0.29) is 6.04 Å². The summed E-state index contributed by atoms with van der Waals surface area (Å²) in [5.74, 6) is 0.667. The maximum Gasteiger partial charge on any atom is 0.221 e. The number of hydrogen-bond donors (Lipinski definition) is 1. The molecule has 1 unspecified atom stereocenters. The lowest BCUT2D eigenvalue weighted by atomic mass is 10.4. The Morgan fingerprint density at radius 2 is 2.12 bits per heavy atom. The summed E-state index contributed by atoms with van der Waals surface area (Å²) >= 11 is 0. The molecular weight excluding hydrogens is 238 g/mol. The van der Waals surface area contributed by atoms with Crippen molar-refractivity contribution in [3.8, 4) is 0 Å². The Bertz CT molecular complexity index is 515. The summed E-state index contributed by atoms with van der Waals surface area (Å²) in [5, 5.41) is -0.571. The van der Waals surface area contributed by atoms with Crippen LogP contribution in [0.25, 0.3) is 0 Å². The Hall–Kier alpha value is -0.880. The molecule has 6 heteroatoms. The third kappa shape index (κ3) is 2.24. The highest BCUT2D eigenvalue weighted by atomic mass is 32.2. The summed E-state index contributed by atoms with van der Waals surface area (Å²) in [4.78, 5) is 4.22. The minimum absolute atomic E-state index is 0.159. The standard InChI is InChI=1S/C11H17N3O2S/c1-8(17(15,16)13-9-2-3-9)11-12-6-7-14(11)10-4-5-10/h6-10,13H,2-5H2,1H3. The van der Waals surface area contributed by atoms with E-state index in [4.69, 9.17) is 0 Å². The van der Waals surface area contributed by atoms with Gasteiger partial charge in [-0.1, -0.05) is 0 Å². The first-order chi connectivity index (χ1) is 8.08. The van der Waals surface area contributed by atoms with E-state index in [2.05, 4.69) is 9.71 Å². The molecule has 2 saturated carbocycles. The summed E-state index contributed by atoms with van der Waals surface area (Å²) in [6.45, 7) is 1.71. The predicted octanol–water partition coefficient (Wildman–Crippen LogP) is 1.36. The zero-order chi connectivity index (χ0) is 12.0. The van der Waals surface area contributed by atoms with Gasteiger partial charge in [-0.15, -0.1) is 0 Å². The largest absolute Gasteiger partial charge is 0.331 e. The van der Waals surface area contributed by atoms with E-state index in [0.29, 0.717) is 11.9 Å². The molecule has 0 bridgehead atoms. The van der Waals surface area contributed by atoms with Crippen molar-refractivity contribution >= 4 is 10.0 Å². The van der Waals surface area contributed by atoms with E-state index >= 15 is 0 Å². The predicted molar refractivity (Wildman–Crippen MR) is 64.0 cm³/mol. The molecule has 5 nitrogen and oxygen atoms in total. The van der Waals surface area contributed by atoms with Gasteiger partial charge in [-0.2, -0.15) is 0 Å². The molecule has 3 rings (SSSR count). The molecule has 0 spiro atoms. The van der Waals surface area contributed by atoms with E-state index in [1.54, 1.807) is 13.1 Å². The fourth-order valence-electron chi connectivity index (χ4n) is 1.98. The highest BCUT2D eigenvalue weighted by molar-refractivity contribution is 7.89. The summed E-state index contributed by atoms with van der Waals surface area (Å²) in [6.07, 6.45) is 7.76. The highest BCUT2D eigenvalue weighted by Gasteiger charge is 2.35. The molecule has 1 N–H and O–H groups in total. The lowest BCUT2D eigenvalue weighted by Crippen LogP contribution is -2.31. The first-order valence-corrected chi connectivity index (χ1v) is 7.66. The van der Waals surface area contributed by atoms with Gasteiger partial charge < -0.3 is 4.57 Å². The second kappa shape index (κ2) is 3.81. The first kappa shape index (κ1) is 11.2. The molecule has 0 amide bonds. The zero-order valence-corrected chi connectivity index (χ0v) is 10.7. The van der Waals surface area contributed by atoms with Crippen molar-refractivity contribution in [2.75, 3.05) is 0 Å². The number of hydrogen-bond acceptors (Lipinski definition) is 3. The van der Waals surface area contributed by atoms with Gasteiger partial charge in [0.2, 0.25) is 10.0 Å². The van der Waals surface area contributed by atoms with Crippen LogP contribution < -0.4 is 4.72 Å². The Morgan fingerprint density at radius 3 is 2.71 bits per heavy atom. The molecule has 2 aliphatic carbocycles. The molecular formula is C11H17N3O2S. The van der Waals surface area contributed by atoms with E-state index < -0.39 is 15.3 Å². The molecule has 94 valence electrons. The van der Waals surface area contributed by atoms with Crippen molar-refractivity contribution in [3.63, 3.8) is 0 Å². The first-order valence-electron chi connectivity index (χ1n) is 6.12. The average Bonchev–Trinajstić information content (AvgIpc) is 3.19. The Kier molecular flexibility index (Phi) is 2.52. The SMILES string of the molecule is CC(c1nccn1C1CC1)S(=O)(=O)NC1CC1. The van der Waals surface area contributed by atoms with Gasteiger partial charge in [0, 0.05) is 24.5 Å². The minimum atomic E-state index is -3.28. The zero-order valence-electron chi connectivity index (χ0n) is 9.83. The van der Waals surface area contributed by atoms with Crippen molar-refractivity contribution < 1.29 is 8.42 Å². The second-order valence-corrected chi connectivity index (χ2v) is 7.04. The number of rotatable bonds is 5. The number of nitrogens with one attached hydrogen (secondary N) is 1. The van der Waals surface area contributed by atoms with Gasteiger partial charge >= 0.3 is 0 Å². The van der Waals surface area contributed by atoms with Gasteiger partial charge in [0.05, 0.1) is 0 Å². The van der Waals surface area contributed by atoms with Gasteiger partial charge in [0.15, 0.2) is 0 Å². The smallest absolute Gasteiger partial charge is 0.221 e. The van der Waals surface area contributed by atoms with E-state index in [1.807, 2.05) is 10.8 Å². The van der Waals surface area contributed by atoms with Crippen molar-refractivity contribution in [1.29, 1.82) is 0 Å². The molecule has 0 radical (unpaired) electrons. The van der Waals surface area contributed by atoms with E-state index in [1.165, 1.54) is 0 Å². The van der Waals surface area contributed by atoms with Gasteiger partial charge in [0.25, 0.3) is 0 Å². The van der Waals surface area contributed by atoms with Crippen LogP contribution in [0.1, 0.15) is 49.7 Å². The van der Waals surface area contributed by atoms with Gasteiger partial charge in [-0.05, 0) is 32.6 Å². The van der Waals surface area contributed by atoms with Crippen molar-refractivity contribution in [2.24, 2.45) is 0 Å². The van der Waals surface area contributed by atoms with E-state index in [9.17, 15) is 8.42 Å². The normalized spacial score (nSPS) is 22.6. The fraction of sp³-hybridized carbons (Fsp3) is 0.727. The van der Waals surface area contributed by atoms with E-state index in [0.717, 1.165) is 25.7 Å². The molecule has 1 aromatic rings.